The summed E-state index contributed by atoms with van der Waals surface area (Å²) < 4.78 is 13.0. The number of hydrazine groups is 1. The van der Waals surface area contributed by atoms with Crippen molar-refractivity contribution in [1.82, 2.24) is 5.01 Å². The molecule has 15 heavy (non-hydrogen) atoms. The fourth-order valence-corrected chi connectivity index (χ4v) is 1.17. The van der Waals surface area contributed by atoms with E-state index in [9.17, 15) is 9.18 Å². The van der Waals surface area contributed by atoms with Crippen LogP contribution in [-0.4, -0.2) is 16.1 Å². The van der Waals surface area contributed by atoms with Gasteiger partial charge in [-0.1, -0.05) is 12.7 Å². The molecule has 0 bridgehead atoms. The predicted molar refractivity (Wildman–Crippen MR) is 53.8 cm³/mol. The molecule has 3 N–H and O–H groups in total. The minimum absolute atomic E-state index is 0.0689. The van der Waals surface area contributed by atoms with Gasteiger partial charge < -0.3 is 5.11 Å². The topological polar surface area (TPSA) is 66.6 Å². The van der Waals surface area contributed by atoms with E-state index in [2.05, 4.69) is 6.58 Å². The van der Waals surface area contributed by atoms with Gasteiger partial charge in [0, 0.05) is 0 Å². The van der Waals surface area contributed by atoms with E-state index in [1.54, 1.807) is 0 Å². The van der Waals surface area contributed by atoms with Crippen molar-refractivity contribution in [3.8, 4) is 0 Å². The molecule has 0 aromatic heterocycles. The van der Waals surface area contributed by atoms with Crippen LogP contribution in [0.4, 0.5) is 4.39 Å². The van der Waals surface area contributed by atoms with Crippen LogP contribution < -0.4 is 5.84 Å². The maximum atomic E-state index is 13.0. The van der Waals surface area contributed by atoms with Crippen LogP contribution in [0, 0.1) is 0 Å². The first-order valence-electron chi connectivity index (χ1n) is 4.18. The van der Waals surface area contributed by atoms with Crippen LogP contribution in [0.25, 0.3) is 0 Å². The lowest BCUT2D eigenvalue weighted by Crippen LogP contribution is -2.31. The number of rotatable bonds is 2. The van der Waals surface area contributed by atoms with Gasteiger partial charge in [0.2, 0.25) is 0 Å². The lowest BCUT2D eigenvalue weighted by molar-refractivity contribution is -0.132. The van der Waals surface area contributed by atoms with Gasteiger partial charge in [-0.25, -0.2) is 15.0 Å². The van der Waals surface area contributed by atoms with Gasteiger partial charge in [-0.15, -0.1) is 0 Å². The Morgan fingerprint density at radius 2 is 2.27 bits per heavy atom. The molecule has 0 saturated carbocycles. The van der Waals surface area contributed by atoms with Crippen LogP contribution in [-0.2, 0) is 4.79 Å². The molecule has 0 spiro atoms. The molecule has 0 atom stereocenters. The summed E-state index contributed by atoms with van der Waals surface area (Å²) in [6.45, 7) is 4.83. The average molecular weight is 210 g/mol. The molecular formula is C10H11FN2O2. The predicted octanol–water partition coefficient (Wildman–Crippen LogP) is 1.46. The zero-order valence-corrected chi connectivity index (χ0v) is 8.20. The van der Waals surface area contributed by atoms with Crippen LogP contribution in [0.15, 0.2) is 47.6 Å². The highest BCUT2D eigenvalue weighted by molar-refractivity contribution is 5.91. The van der Waals surface area contributed by atoms with Gasteiger partial charge in [-0.2, -0.15) is 0 Å². The van der Waals surface area contributed by atoms with E-state index in [0.29, 0.717) is 0 Å². The third-order valence-electron chi connectivity index (χ3n) is 2.06. The Balaban J connectivity index is 3.27. The van der Waals surface area contributed by atoms with E-state index in [4.69, 9.17) is 10.9 Å². The molecule has 1 aliphatic rings. The van der Waals surface area contributed by atoms with Crippen LogP contribution in [0.3, 0.4) is 0 Å². The number of carboxylic acid groups (broad SMARTS) is 1. The van der Waals surface area contributed by atoms with E-state index in [-0.39, 0.29) is 17.0 Å². The summed E-state index contributed by atoms with van der Waals surface area (Å²) in [7, 11) is 0. The van der Waals surface area contributed by atoms with Crippen molar-refractivity contribution >= 4 is 5.97 Å². The van der Waals surface area contributed by atoms with Crippen molar-refractivity contribution in [3.63, 3.8) is 0 Å². The lowest BCUT2D eigenvalue weighted by atomic mass is 10.1. The summed E-state index contributed by atoms with van der Waals surface area (Å²) in [5.41, 5.74) is 0.296. The number of nitrogens with zero attached hydrogens (tertiary/aromatic N) is 1. The second-order valence-corrected chi connectivity index (χ2v) is 2.94. The summed E-state index contributed by atoms with van der Waals surface area (Å²) in [5, 5.41) is 9.83. The third kappa shape index (κ3) is 1.97. The molecule has 4 nitrogen and oxygen atoms in total. The van der Waals surface area contributed by atoms with Gasteiger partial charge in [0.15, 0.2) is 0 Å². The Hall–Kier alpha value is -1.88. The molecule has 0 fully saturated rings. The molecule has 0 aromatic carbocycles. The van der Waals surface area contributed by atoms with Crippen molar-refractivity contribution < 1.29 is 14.3 Å². The molecule has 1 heterocycles. The normalized spacial score (nSPS) is 19.3. The van der Waals surface area contributed by atoms with E-state index < -0.39 is 11.8 Å². The van der Waals surface area contributed by atoms with E-state index in [1.165, 1.54) is 25.2 Å². The molecule has 0 unspecified atom stereocenters. The number of carboxylic acids is 1. The van der Waals surface area contributed by atoms with E-state index >= 15 is 0 Å². The average Bonchev–Trinajstić information content (AvgIpc) is 2.18. The van der Waals surface area contributed by atoms with Crippen molar-refractivity contribution in [2.45, 2.75) is 6.92 Å². The maximum absolute atomic E-state index is 13.0. The number of hydrogen-bond acceptors (Lipinski definition) is 3. The van der Waals surface area contributed by atoms with Crippen molar-refractivity contribution in [1.29, 1.82) is 0 Å². The molecule has 0 aliphatic carbocycles. The zero-order valence-electron chi connectivity index (χ0n) is 8.20. The summed E-state index contributed by atoms with van der Waals surface area (Å²) in [6.07, 6.45) is 3.63. The summed E-state index contributed by atoms with van der Waals surface area (Å²) >= 11 is 0. The Kier molecular flexibility index (Phi) is 3.06. The molecule has 0 radical (unpaired) electrons. The first-order valence-corrected chi connectivity index (χ1v) is 4.18. The van der Waals surface area contributed by atoms with Gasteiger partial charge in [-0.3, -0.25) is 5.01 Å². The third-order valence-corrected chi connectivity index (χ3v) is 2.06. The van der Waals surface area contributed by atoms with Crippen molar-refractivity contribution in [2.75, 3.05) is 0 Å². The fourth-order valence-electron chi connectivity index (χ4n) is 1.17. The largest absolute Gasteiger partial charge is 0.478 e. The molecule has 5 heteroatoms. The first kappa shape index (κ1) is 11.2. The van der Waals surface area contributed by atoms with Crippen LogP contribution >= 0.6 is 0 Å². The number of nitrogens with two attached hydrogens (primary N) is 1. The molecule has 1 aliphatic heterocycles. The molecule has 1 rings (SSSR count). The summed E-state index contributed by atoms with van der Waals surface area (Å²) in [5.74, 6) is 3.89. The van der Waals surface area contributed by atoms with E-state index in [0.717, 1.165) is 5.01 Å². The molecule has 0 amide bonds. The lowest BCUT2D eigenvalue weighted by Gasteiger charge is -2.24. The van der Waals surface area contributed by atoms with E-state index in [1.807, 2.05) is 0 Å². The Bertz CT molecular complexity index is 408. The van der Waals surface area contributed by atoms with Crippen molar-refractivity contribution in [3.05, 3.63) is 47.6 Å². The van der Waals surface area contributed by atoms with Gasteiger partial charge >= 0.3 is 5.97 Å². The maximum Gasteiger partial charge on any atom is 0.337 e. The molecular weight excluding hydrogens is 199 g/mol. The van der Waals surface area contributed by atoms with Crippen LogP contribution in [0.5, 0.6) is 0 Å². The number of halogens is 1. The SMILES string of the molecule is C=C/C(C(=O)O)=C1/C=CC(F)=C(C)N1N. The van der Waals surface area contributed by atoms with Gasteiger partial charge in [0.05, 0.1) is 17.0 Å². The minimum Gasteiger partial charge on any atom is -0.478 e. The first-order chi connectivity index (χ1) is 6.99. The molecule has 80 valence electrons. The zero-order chi connectivity index (χ0) is 11.6. The van der Waals surface area contributed by atoms with Gasteiger partial charge in [-0.05, 0) is 19.1 Å². The van der Waals surface area contributed by atoms with Gasteiger partial charge in [0.1, 0.15) is 5.83 Å². The monoisotopic (exact) mass is 210 g/mol. The minimum atomic E-state index is -1.16. The smallest absolute Gasteiger partial charge is 0.337 e. The van der Waals surface area contributed by atoms with Gasteiger partial charge in [0.25, 0.3) is 0 Å². The molecule has 0 saturated heterocycles. The molecule has 0 aromatic rings. The second-order valence-electron chi connectivity index (χ2n) is 2.94. The number of hydrogen-bond donors (Lipinski definition) is 2. The highest BCUT2D eigenvalue weighted by Crippen LogP contribution is 2.23. The quantitative estimate of drug-likeness (QED) is 0.535. The van der Waals surface area contributed by atoms with Crippen LogP contribution in [0.1, 0.15) is 6.92 Å². The number of allylic oxidation sites excluding steroid dienone is 4. The number of carbonyl (C=O) groups is 1. The Labute approximate surface area is 86.5 Å². The Morgan fingerprint density at radius 3 is 2.73 bits per heavy atom. The highest BCUT2D eigenvalue weighted by atomic mass is 19.1. The highest BCUT2D eigenvalue weighted by Gasteiger charge is 2.19. The fraction of sp³-hybridized carbons (Fsp3) is 0.100. The Morgan fingerprint density at radius 1 is 1.67 bits per heavy atom. The van der Waals surface area contributed by atoms with Crippen LogP contribution in [0.2, 0.25) is 0 Å². The summed E-state index contributed by atoms with van der Waals surface area (Å²) in [6, 6.07) is 0. The number of aliphatic carboxylic acids is 1. The summed E-state index contributed by atoms with van der Waals surface area (Å²) in [4.78, 5) is 10.8. The second kappa shape index (κ2) is 4.10. The van der Waals surface area contributed by atoms with Crippen molar-refractivity contribution in [2.24, 2.45) is 5.84 Å². The standard InChI is InChI=1S/C10H11FN2O2/c1-3-7(10(14)15)9-5-4-8(11)6(2)13(9)12/h3-5H,1,12H2,2H3,(H,14,15)/b9-7+.